The molecule has 14 heavy (non-hydrogen) atoms. The minimum absolute atomic E-state index is 0.302. The van der Waals surface area contributed by atoms with Gasteiger partial charge in [-0.3, -0.25) is 0 Å². The highest BCUT2D eigenvalue weighted by molar-refractivity contribution is 5.38. The first-order valence-electron chi connectivity index (χ1n) is 5.33. The molecule has 0 aliphatic rings. The van der Waals surface area contributed by atoms with Crippen LogP contribution in [0, 0.1) is 20.8 Å². The molecule has 0 aromatic heterocycles. The molecule has 0 heterocycles. The second kappa shape index (κ2) is 4.61. The maximum absolute atomic E-state index is 5.76. The van der Waals surface area contributed by atoms with Crippen LogP contribution in [0.4, 0.5) is 0 Å². The molecule has 0 bridgehead atoms. The SMILES string of the molecule is Cc1ccc(CCC(C)N)c(C)c1C. The Morgan fingerprint density at radius 1 is 1.14 bits per heavy atom. The van der Waals surface area contributed by atoms with Crippen LogP contribution in [0.1, 0.15) is 35.6 Å². The largest absolute Gasteiger partial charge is 0.328 e. The Hall–Kier alpha value is -0.820. The van der Waals surface area contributed by atoms with E-state index in [9.17, 15) is 0 Å². The molecular formula is C13H21N. The van der Waals surface area contributed by atoms with Gasteiger partial charge in [-0.25, -0.2) is 0 Å². The van der Waals surface area contributed by atoms with E-state index in [0.29, 0.717) is 6.04 Å². The third kappa shape index (κ3) is 2.58. The van der Waals surface area contributed by atoms with Crippen LogP contribution in [-0.2, 0) is 6.42 Å². The lowest BCUT2D eigenvalue weighted by Gasteiger charge is -2.12. The summed E-state index contributed by atoms with van der Waals surface area (Å²) < 4.78 is 0. The van der Waals surface area contributed by atoms with Gasteiger partial charge in [-0.05, 0) is 62.8 Å². The summed E-state index contributed by atoms with van der Waals surface area (Å²) in [6.07, 6.45) is 2.17. The van der Waals surface area contributed by atoms with Gasteiger partial charge in [-0.2, -0.15) is 0 Å². The lowest BCUT2D eigenvalue weighted by Crippen LogP contribution is -2.15. The second-order valence-electron chi connectivity index (χ2n) is 4.31. The third-order valence-electron chi connectivity index (χ3n) is 3.04. The summed E-state index contributed by atoms with van der Waals surface area (Å²) in [5.41, 5.74) is 11.4. The lowest BCUT2D eigenvalue weighted by molar-refractivity contribution is 0.664. The summed E-state index contributed by atoms with van der Waals surface area (Å²) in [5.74, 6) is 0. The van der Waals surface area contributed by atoms with Crippen LogP contribution in [0.3, 0.4) is 0 Å². The van der Waals surface area contributed by atoms with E-state index in [1.165, 1.54) is 22.3 Å². The summed E-state index contributed by atoms with van der Waals surface area (Å²) in [6.45, 7) is 8.63. The van der Waals surface area contributed by atoms with E-state index in [1.54, 1.807) is 0 Å². The molecule has 1 nitrogen and oxygen atoms in total. The zero-order valence-electron chi connectivity index (χ0n) is 9.72. The van der Waals surface area contributed by atoms with E-state index in [0.717, 1.165) is 12.8 Å². The van der Waals surface area contributed by atoms with Crippen LogP contribution in [0.2, 0.25) is 0 Å². The first-order chi connectivity index (χ1) is 6.52. The number of aryl methyl sites for hydroxylation is 2. The highest BCUT2D eigenvalue weighted by atomic mass is 14.6. The molecule has 0 fully saturated rings. The number of hydrogen-bond donors (Lipinski definition) is 1. The molecule has 1 heteroatoms. The molecule has 78 valence electrons. The van der Waals surface area contributed by atoms with Gasteiger partial charge in [0.25, 0.3) is 0 Å². The third-order valence-corrected chi connectivity index (χ3v) is 3.04. The van der Waals surface area contributed by atoms with Gasteiger partial charge >= 0.3 is 0 Å². The number of nitrogens with two attached hydrogens (primary N) is 1. The first kappa shape index (κ1) is 11.3. The van der Waals surface area contributed by atoms with E-state index < -0.39 is 0 Å². The van der Waals surface area contributed by atoms with Crippen LogP contribution in [0.25, 0.3) is 0 Å². The maximum atomic E-state index is 5.76. The summed E-state index contributed by atoms with van der Waals surface area (Å²) in [7, 11) is 0. The van der Waals surface area contributed by atoms with Gasteiger partial charge in [0.05, 0.1) is 0 Å². The molecule has 1 aromatic carbocycles. The topological polar surface area (TPSA) is 26.0 Å². The quantitative estimate of drug-likeness (QED) is 0.781. The number of hydrogen-bond acceptors (Lipinski definition) is 1. The Labute approximate surface area is 87.3 Å². The second-order valence-corrected chi connectivity index (χ2v) is 4.31. The van der Waals surface area contributed by atoms with Gasteiger partial charge < -0.3 is 5.73 Å². The van der Waals surface area contributed by atoms with Gasteiger partial charge in [-0.15, -0.1) is 0 Å². The van der Waals surface area contributed by atoms with E-state index in [1.807, 2.05) is 0 Å². The van der Waals surface area contributed by atoms with Gasteiger partial charge in [0, 0.05) is 6.04 Å². The molecule has 1 aromatic rings. The molecule has 0 amide bonds. The van der Waals surface area contributed by atoms with E-state index in [-0.39, 0.29) is 0 Å². The minimum Gasteiger partial charge on any atom is -0.328 e. The minimum atomic E-state index is 0.302. The molecule has 1 rings (SSSR count). The summed E-state index contributed by atoms with van der Waals surface area (Å²) in [5, 5.41) is 0. The van der Waals surface area contributed by atoms with Crippen molar-refractivity contribution in [3.8, 4) is 0 Å². The van der Waals surface area contributed by atoms with E-state index in [4.69, 9.17) is 5.73 Å². The Kier molecular flexibility index (Phi) is 3.70. The highest BCUT2D eigenvalue weighted by Crippen LogP contribution is 2.18. The molecule has 0 saturated heterocycles. The van der Waals surface area contributed by atoms with Gasteiger partial charge in [0.15, 0.2) is 0 Å². The molecule has 1 atom stereocenters. The van der Waals surface area contributed by atoms with Gasteiger partial charge in [0.2, 0.25) is 0 Å². The zero-order valence-corrected chi connectivity index (χ0v) is 9.72. The molecule has 2 N–H and O–H groups in total. The summed E-state index contributed by atoms with van der Waals surface area (Å²) in [4.78, 5) is 0. The predicted molar refractivity (Wildman–Crippen MR) is 62.6 cm³/mol. The van der Waals surface area contributed by atoms with Crippen molar-refractivity contribution in [3.05, 3.63) is 34.4 Å². The molecule has 0 aliphatic heterocycles. The highest BCUT2D eigenvalue weighted by Gasteiger charge is 2.04. The van der Waals surface area contributed by atoms with Crippen LogP contribution >= 0.6 is 0 Å². The van der Waals surface area contributed by atoms with Crippen LogP contribution in [0.15, 0.2) is 12.1 Å². The van der Waals surface area contributed by atoms with Crippen LogP contribution < -0.4 is 5.73 Å². The number of rotatable bonds is 3. The van der Waals surface area contributed by atoms with Crippen molar-refractivity contribution in [3.63, 3.8) is 0 Å². The fraction of sp³-hybridized carbons (Fsp3) is 0.538. The van der Waals surface area contributed by atoms with Crippen molar-refractivity contribution >= 4 is 0 Å². The molecule has 0 saturated carbocycles. The van der Waals surface area contributed by atoms with Crippen molar-refractivity contribution in [2.24, 2.45) is 5.73 Å². The molecule has 0 spiro atoms. The number of benzene rings is 1. The standard InChI is InChI=1S/C13H21N/c1-9-5-7-13(8-6-10(2)14)12(4)11(9)3/h5,7,10H,6,8,14H2,1-4H3. The Morgan fingerprint density at radius 2 is 1.79 bits per heavy atom. The lowest BCUT2D eigenvalue weighted by atomic mass is 9.95. The van der Waals surface area contributed by atoms with Crippen LogP contribution in [-0.4, -0.2) is 6.04 Å². The Morgan fingerprint density at radius 3 is 2.36 bits per heavy atom. The van der Waals surface area contributed by atoms with Crippen molar-refractivity contribution in [2.45, 2.75) is 46.6 Å². The first-order valence-corrected chi connectivity index (χ1v) is 5.33. The fourth-order valence-corrected chi connectivity index (χ4v) is 1.67. The Balaban J connectivity index is 2.83. The van der Waals surface area contributed by atoms with Gasteiger partial charge in [0.1, 0.15) is 0 Å². The average molecular weight is 191 g/mol. The smallest absolute Gasteiger partial charge is 0.00136 e. The molecule has 0 radical (unpaired) electrons. The fourth-order valence-electron chi connectivity index (χ4n) is 1.67. The molecular weight excluding hydrogens is 170 g/mol. The van der Waals surface area contributed by atoms with Gasteiger partial charge in [-0.1, -0.05) is 12.1 Å². The van der Waals surface area contributed by atoms with E-state index >= 15 is 0 Å². The molecule has 1 unspecified atom stereocenters. The average Bonchev–Trinajstić information content (AvgIpc) is 2.13. The molecule has 0 aliphatic carbocycles. The Bertz CT molecular complexity index is 313. The zero-order chi connectivity index (χ0) is 10.7. The van der Waals surface area contributed by atoms with Crippen molar-refractivity contribution in [1.29, 1.82) is 0 Å². The maximum Gasteiger partial charge on any atom is 0.00136 e. The van der Waals surface area contributed by atoms with Crippen LogP contribution in [0.5, 0.6) is 0 Å². The summed E-state index contributed by atoms with van der Waals surface area (Å²) in [6, 6.07) is 4.75. The monoisotopic (exact) mass is 191 g/mol. The van der Waals surface area contributed by atoms with E-state index in [2.05, 4.69) is 39.8 Å². The summed E-state index contributed by atoms with van der Waals surface area (Å²) >= 11 is 0. The van der Waals surface area contributed by atoms with Crippen molar-refractivity contribution < 1.29 is 0 Å². The predicted octanol–water partition coefficient (Wildman–Crippen LogP) is 2.89. The normalized spacial score (nSPS) is 12.9. The van der Waals surface area contributed by atoms with Crippen molar-refractivity contribution in [2.75, 3.05) is 0 Å². The van der Waals surface area contributed by atoms with Crippen molar-refractivity contribution in [1.82, 2.24) is 0 Å².